The summed E-state index contributed by atoms with van der Waals surface area (Å²) in [5.74, 6) is 1.07. The molecule has 0 saturated heterocycles. The average Bonchev–Trinajstić information content (AvgIpc) is 2.82. The van der Waals surface area contributed by atoms with Gasteiger partial charge in [-0.3, -0.25) is 9.59 Å². The van der Waals surface area contributed by atoms with Gasteiger partial charge in [0.15, 0.2) is 0 Å². The third kappa shape index (κ3) is 4.94. The topological polar surface area (TPSA) is 93.1 Å². The van der Waals surface area contributed by atoms with Crippen molar-refractivity contribution in [1.82, 2.24) is 0 Å². The fourth-order valence-electron chi connectivity index (χ4n) is 2.91. The number of hydrogen-bond donors (Lipinski definition) is 2. The number of phenols is 2. The van der Waals surface area contributed by atoms with Gasteiger partial charge in [0.05, 0.1) is 0 Å². The van der Waals surface area contributed by atoms with E-state index in [-0.39, 0.29) is 22.6 Å². The first-order valence-electron chi connectivity index (χ1n) is 9.71. The maximum atomic E-state index is 12.6. The van der Waals surface area contributed by atoms with Crippen LogP contribution in [-0.2, 0) is 0 Å². The molecule has 2 N–H and O–H groups in total. The van der Waals surface area contributed by atoms with Gasteiger partial charge in [-0.15, -0.1) is 0 Å². The van der Waals surface area contributed by atoms with Crippen LogP contribution < -0.4 is 9.47 Å². The first-order valence-corrected chi connectivity index (χ1v) is 9.71. The summed E-state index contributed by atoms with van der Waals surface area (Å²) in [5.41, 5.74) is 0.495. The fraction of sp³-hybridized carbons (Fsp3) is 0. The Morgan fingerprint density at radius 3 is 0.969 bits per heavy atom. The summed E-state index contributed by atoms with van der Waals surface area (Å²) in [4.78, 5) is 25.2. The van der Waals surface area contributed by atoms with Gasteiger partial charge in [-0.1, -0.05) is 0 Å². The summed E-state index contributed by atoms with van der Waals surface area (Å²) in [6.07, 6.45) is 0. The van der Waals surface area contributed by atoms with E-state index in [1.165, 1.54) is 48.5 Å². The molecule has 0 fully saturated rings. The molecule has 0 unspecified atom stereocenters. The van der Waals surface area contributed by atoms with E-state index in [2.05, 4.69) is 0 Å². The summed E-state index contributed by atoms with van der Waals surface area (Å²) in [5, 5.41) is 18.6. The monoisotopic (exact) mass is 426 g/mol. The van der Waals surface area contributed by atoms with Crippen molar-refractivity contribution in [2.45, 2.75) is 0 Å². The Morgan fingerprint density at radius 2 is 0.688 bits per heavy atom. The van der Waals surface area contributed by atoms with Crippen molar-refractivity contribution in [3.8, 4) is 34.5 Å². The first-order chi connectivity index (χ1) is 15.5. The van der Waals surface area contributed by atoms with Gasteiger partial charge in [0.2, 0.25) is 11.6 Å². The molecular weight excluding hydrogens is 408 g/mol. The summed E-state index contributed by atoms with van der Waals surface area (Å²) in [6.45, 7) is 0. The van der Waals surface area contributed by atoms with Gasteiger partial charge in [-0.25, -0.2) is 0 Å². The van der Waals surface area contributed by atoms with Crippen LogP contribution in [0.5, 0.6) is 34.5 Å². The summed E-state index contributed by atoms with van der Waals surface area (Å²) >= 11 is 0. The van der Waals surface area contributed by atoms with E-state index < -0.39 is 11.6 Å². The molecule has 0 amide bonds. The van der Waals surface area contributed by atoms with Crippen LogP contribution >= 0.6 is 0 Å². The lowest BCUT2D eigenvalue weighted by atomic mass is 10.0. The van der Waals surface area contributed by atoms with Gasteiger partial charge in [-0.05, 0) is 97.1 Å². The maximum absolute atomic E-state index is 12.6. The molecule has 0 bridgehead atoms. The number of aromatic hydroxyl groups is 2. The summed E-state index contributed by atoms with van der Waals surface area (Å²) in [6, 6.07) is 25.0. The highest BCUT2D eigenvalue weighted by molar-refractivity contribution is 6.49. The van der Waals surface area contributed by atoms with Gasteiger partial charge in [-0.2, -0.15) is 0 Å². The van der Waals surface area contributed by atoms with Crippen molar-refractivity contribution in [2.24, 2.45) is 0 Å². The van der Waals surface area contributed by atoms with Crippen LogP contribution in [0, 0.1) is 0 Å². The lowest BCUT2D eigenvalue weighted by Crippen LogP contribution is -2.14. The second-order valence-electron chi connectivity index (χ2n) is 6.90. The van der Waals surface area contributed by atoms with Crippen LogP contribution in [0.2, 0.25) is 0 Å². The molecule has 0 atom stereocenters. The number of carbonyl (C=O) groups is 2. The molecule has 4 aromatic carbocycles. The highest BCUT2D eigenvalue weighted by atomic mass is 16.5. The van der Waals surface area contributed by atoms with Gasteiger partial charge >= 0.3 is 0 Å². The largest absolute Gasteiger partial charge is 0.508 e. The van der Waals surface area contributed by atoms with Gasteiger partial charge < -0.3 is 19.7 Å². The zero-order valence-corrected chi connectivity index (χ0v) is 16.8. The fourth-order valence-corrected chi connectivity index (χ4v) is 2.91. The number of phenolic OH excluding ortho intramolecular Hbond substituents is 2. The Labute approximate surface area is 183 Å². The van der Waals surface area contributed by atoms with Crippen molar-refractivity contribution in [3.05, 3.63) is 108 Å². The predicted molar refractivity (Wildman–Crippen MR) is 118 cm³/mol. The Balaban J connectivity index is 1.40. The van der Waals surface area contributed by atoms with Gasteiger partial charge in [0, 0.05) is 11.1 Å². The van der Waals surface area contributed by atoms with Crippen LogP contribution in [-0.4, -0.2) is 21.8 Å². The Bertz CT molecular complexity index is 1120. The maximum Gasteiger partial charge on any atom is 0.233 e. The van der Waals surface area contributed by atoms with Crippen molar-refractivity contribution in [2.75, 3.05) is 0 Å². The molecule has 6 nitrogen and oxygen atoms in total. The quantitative estimate of drug-likeness (QED) is 0.289. The number of hydrogen-bond acceptors (Lipinski definition) is 6. The van der Waals surface area contributed by atoms with E-state index >= 15 is 0 Å². The molecule has 0 heterocycles. The normalized spacial score (nSPS) is 10.4. The number of ketones is 2. The third-order valence-corrected chi connectivity index (χ3v) is 4.58. The molecule has 0 aliphatic carbocycles. The number of rotatable bonds is 7. The molecule has 4 aromatic rings. The second kappa shape index (κ2) is 9.06. The molecule has 4 rings (SSSR count). The SMILES string of the molecule is O=C(C(=O)c1ccc(Oc2ccc(O)cc2)cc1)c1ccc(Oc2ccc(O)cc2)cc1. The molecular formula is C26H18O6. The number of carbonyl (C=O) groups excluding carboxylic acids is 2. The van der Waals surface area contributed by atoms with E-state index in [0.29, 0.717) is 23.0 Å². The minimum Gasteiger partial charge on any atom is -0.508 e. The third-order valence-electron chi connectivity index (χ3n) is 4.58. The summed E-state index contributed by atoms with van der Waals surface area (Å²) in [7, 11) is 0. The van der Waals surface area contributed by atoms with Crippen LogP contribution in [0.3, 0.4) is 0 Å². The smallest absolute Gasteiger partial charge is 0.233 e. The Morgan fingerprint density at radius 1 is 0.438 bits per heavy atom. The molecule has 0 saturated carbocycles. The molecule has 158 valence electrons. The van der Waals surface area contributed by atoms with Crippen LogP contribution in [0.4, 0.5) is 0 Å². The zero-order chi connectivity index (χ0) is 22.5. The molecule has 0 radical (unpaired) electrons. The molecule has 0 aliphatic rings. The van der Waals surface area contributed by atoms with Crippen molar-refractivity contribution < 1.29 is 29.3 Å². The van der Waals surface area contributed by atoms with Crippen molar-refractivity contribution in [3.63, 3.8) is 0 Å². The molecule has 32 heavy (non-hydrogen) atoms. The van der Waals surface area contributed by atoms with Crippen LogP contribution in [0.25, 0.3) is 0 Å². The number of Topliss-reactive ketones (excluding diaryl/α,β-unsaturated/α-hetero) is 2. The standard InChI is InChI=1S/C26H18O6/c27-19-5-13-23(14-6-19)31-21-9-1-17(2-10-21)25(29)26(30)18-3-11-22(12-4-18)32-24-15-7-20(28)8-16-24/h1-16,27-28H. The van der Waals surface area contributed by atoms with E-state index in [1.807, 2.05) is 0 Å². The lowest BCUT2D eigenvalue weighted by molar-refractivity contribution is 0.0817. The Kier molecular flexibility index (Phi) is 5.85. The zero-order valence-electron chi connectivity index (χ0n) is 16.8. The van der Waals surface area contributed by atoms with Gasteiger partial charge in [0.1, 0.15) is 34.5 Å². The lowest BCUT2D eigenvalue weighted by Gasteiger charge is -2.08. The van der Waals surface area contributed by atoms with Crippen molar-refractivity contribution in [1.29, 1.82) is 0 Å². The van der Waals surface area contributed by atoms with E-state index in [9.17, 15) is 19.8 Å². The highest BCUT2D eigenvalue weighted by Gasteiger charge is 2.18. The molecule has 6 heteroatoms. The van der Waals surface area contributed by atoms with Gasteiger partial charge in [0.25, 0.3) is 0 Å². The summed E-state index contributed by atoms with van der Waals surface area (Å²) < 4.78 is 11.3. The number of benzene rings is 4. The molecule has 0 aliphatic heterocycles. The van der Waals surface area contributed by atoms with E-state index in [0.717, 1.165) is 0 Å². The van der Waals surface area contributed by atoms with E-state index in [1.54, 1.807) is 48.5 Å². The molecule has 0 aromatic heterocycles. The minimum atomic E-state index is -0.631. The minimum absolute atomic E-state index is 0.136. The highest BCUT2D eigenvalue weighted by Crippen LogP contribution is 2.25. The Hall–Kier alpha value is -4.58. The van der Waals surface area contributed by atoms with Crippen molar-refractivity contribution >= 4 is 11.6 Å². The average molecular weight is 426 g/mol. The second-order valence-corrected chi connectivity index (χ2v) is 6.90. The van der Waals surface area contributed by atoms with Crippen LogP contribution in [0.15, 0.2) is 97.1 Å². The first kappa shape index (κ1) is 20.7. The number of ether oxygens (including phenoxy) is 2. The van der Waals surface area contributed by atoms with E-state index in [4.69, 9.17) is 9.47 Å². The predicted octanol–water partition coefficient (Wildman–Crippen LogP) is 5.75. The van der Waals surface area contributed by atoms with Crippen LogP contribution in [0.1, 0.15) is 20.7 Å². The molecule has 0 spiro atoms.